The van der Waals surface area contributed by atoms with Crippen LogP contribution in [0.2, 0.25) is 0 Å². The summed E-state index contributed by atoms with van der Waals surface area (Å²) in [5.41, 5.74) is 10.5. The standard InChI is InChI=1S/C14H17N3O2/c1-7-5-9(3)10(6-8(7)2)11-12(14(18)19)16-17(4)13(11)15/h5-6H,15H2,1-4H3,(H,18,19). The molecule has 0 spiro atoms. The van der Waals surface area contributed by atoms with Crippen molar-refractivity contribution in [3.63, 3.8) is 0 Å². The summed E-state index contributed by atoms with van der Waals surface area (Å²) in [5, 5.41) is 13.2. The van der Waals surface area contributed by atoms with Crippen LogP contribution in [0.3, 0.4) is 0 Å². The Balaban J connectivity index is 2.78. The van der Waals surface area contributed by atoms with Crippen LogP contribution in [0, 0.1) is 20.8 Å². The van der Waals surface area contributed by atoms with Crippen LogP contribution in [-0.2, 0) is 7.05 Å². The molecule has 1 aromatic heterocycles. The number of nitrogens with zero attached hydrogens (tertiary/aromatic N) is 2. The van der Waals surface area contributed by atoms with Crippen molar-refractivity contribution in [2.24, 2.45) is 7.05 Å². The Kier molecular flexibility index (Phi) is 3.06. The highest BCUT2D eigenvalue weighted by molar-refractivity contribution is 5.98. The molecule has 3 N–H and O–H groups in total. The molecular formula is C14H17N3O2. The van der Waals surface area contributed by atoms with Gasteiger partial charge in [0.1, 0.15) is 5.82 Å². The van der Waals surface area contributed by atoms with Gasteiger partial charge < -0.3 is 10.8 Å². The topological polar surface area (TPSA) is 81.1 Å². The Labute approximate surface area is 111 Å². The molecule has 0 aliphatic rings. The summed E-state index contributed by atoms with van der Waals surface area (Å²) in [7, 11) is 1.64. The van der Waals surface area contributed by atoms with E-state index in [0.717, 1.165) is 16.7 Å². The first-order chi connectivity index (χ1) is 8.82. The summed E-state index contributed by atoms with van der Waals surface area (Å²) in [4.78, 5) is 11.3. The molecule has 2 rings (SSSR count). The fourth-order valence-electron chi connectivity index (χ4n) is 2.18. The third-order valence-corrected chi connectivity index (χ3v) is 3.40. The van der Waals surface area contributed by atoms with E-state index in [1.807, 2.05) is 32.9 Å². The number of carboxylic acid groups (broad SMARTS) is 1. The first-order valence-electron chi connectivity index (χ1n) is 5.97. The van der Waals surface area contributed by atoms with E-state index >= 15 is 0 Å². The van der Waals surface area contributed by atoms with Crippen LogP contribution in [0.1, 0.15) is 27.2 Å². The molecule has 100 valence electrons. The average Bonchev–Trinajstić information content (AvgIpc) is 2.61. The van der Waals surface area contributed by atoms with Crippen LogP contribution in [0.4, 0.5) is 5.82 Å². The Hall–Kier alpha value is -2.30. The van der Waals surface area contributed by atoms with Crippen molar-refractivity contribution in [3.8, 4) is 11.1 Å². The molecule has 5 heteroatoms. The molecule has 0 aliphatic carbocycles. The van der Waals surface area contributed by atoms with Crippen LogP contribution >= 0.6 is 0 Å². The number of nitrogens with two attached hydrogens (primary N) is 1. The van der Waals surface area contributed by atoms with Gasteiger partial charge in [0.05, 0.1) is 5.56 Å². The van der Waals surface area contributed by atoms with Gasteiger partial charge in [-0.1, -0.05) is 12.1 Å². The third kappa shape index (κ3) is 2.07. The minimum Gasteiger partial charge on any atom is -0.476 e. The summed E-state index contributed by atoms with van der Waals surface area (Å²) in [6.45, 7) is 5.96. The Morgan fingerprint density at radius 1 is 1.21 bits per heavy atom. The molecule has 1 heterocycles. The average molecular weight is 259 g/mol. The molecule has 5 nitrogen and oxygen atoms in total. The highest BCUT2D eigenvalue weighted by Gasteiger charge is 2.22. The number of aryl methyl sites for hydroxylation is 4. The van der Waals surface area contributed by atoms with Gasteiger partial charge in [-0.15, -0.1) is 0 Å². The molecule has 0 amide bonds. The second-order valence-electron chi connectivity index (χ2n) is 4.79. The van der Waals surface area contributed by atoms with E-state index in [9.17, 15) is 9.90 Å². The highest BCUT2D eigenvalue weighted by Crippen LogP contribution is 2.33. The quantitative estimate of drug-likeness (QED) is 0.867. The first kappa shape index (κ1) is 13.1. The summed E-state index contributed by atoms with van der Waals surface area (Å²) >= 11 is 0. The molecule has 0 fully saturated rings. The lowest BCUT2D eigenvalue weighted by Crippen LogP contribution is -2.01. The first-order valence-corrected chi connectivity index (χ1v) is 5.97. The predicted octanol–water partition coefficient (Wildman–Crippen LogP) is 2.29. The lowest BCUT2D eigenvalue weighted by molar-refractivity contribution is 0.0690. The zero-order chi connectivity index (χ0) is 14.3. The molecule has 0 aliphatic heterocycles. The summed E-state index contributed by atoms with van der Waals surface area (Å²) in [5.74, 6) is -0.705. The predicted molar refractivity (Wildman–Crippen MR) is 74.2 cm³/mol. The zero-order valence-electron chi connectivity index (χ0n) is 11.5. The molecule has 0 bridgehead atoms. The van der Waals surface area contributed by atoms with Gasteiger partial charge in [-0.2, -0.15) is 5.10 Å². The van der Waals surface area contributed by atoms with E-state index in [1.165, 1.54) is 10.2 Å². The van der Waals surface area contributed by atoms with Crippen LogP contribution in [0.25, 0.3) is 11.1 Å². The number of benzene rings is 1. The zero-order valence-corrected chi connectivity index (χ0v) is 11.5. The molecule has 0 atom stereocenters. The van der Waals surface area contributed by atoms with Crippen molar-refractivity contribution in [3.05, 3.63) is 34.5 Å². The second-order valence-corrected chi connectivity index (χ2v) is 4.79. The number of rotatable bonds is 2. The maximum Gasteiger partial charge on any atom is 0.357 e. The smallest absolute Gasteiger partial charge is 0.357 e. The summed E-state index contributed by atoms with van der Waals surface area (Å²) in [6, 6.07) is 3.99. The van der Waals surface area contributed by atoms with Gasteiger partial charge in [0, 0.05) is 7.05 Å². The molecule has 1 aromatic carbocycles. The number of hydrogen-bond acceptors (Lipinski definition) is 3. The number of hydrogen-bond donors (Lipinski definition) is 2. The monoisotopic (exact) mass is 259 g/mol. The summed E-state index contributed by atoms with van der Waals surface area (Å²) in [6.07, 6.45) is 0. The lowest BCUT2D eigenvalue weighted by atomic mass is 9.95. The van der Waals surface area contributed by atoms with Crippen molar-refractivity contribution in [1.82, 2.24) is 9.78 Å². The van der Waals surface area contributed by atoms with Crippen molar-refractivity contribution in [1.29, 1.82) is 0 Å². The van der Waals surface area contributed by atoms with Gasteiger partial charge in [-0.3, -0.25) is 4.68 Å². The van der Waals surface area contributed by atoms with Crippen molar-refractivity contribution >= 4 is 11.8 Å². The number of carbonyl (C=O) groups is 1. The van der Waals surface area contributed by atoms with Crippen molar-refractivity contribution in [2.75, 3.05) is 5.73 Å². The molecular weight excluding hydrogens is 242 g/mol. The van der Waals surface area contributed by atoms with E-state index in [4.69, 9.17) is 5.73 Å². The molecule has 0 saturated carbocycles. The second kappa shape index (κ2) is 4.42. The maximum absolute atomic E-state index is 11.3. The van der Waals surface area contributed by atoms with Crippen LogP contribution in [-0.4, -0.2) is 20.9 Å². The lowest BCUT2D eigenvalue weighted by Gasteiger charge is -2.10. The summed E-state index contributed by atoms with van der Waals surface area (Å²) < 4.78 is 1.40. The Morgan fingerprint density at radius 3 is 2.37 bits per heavy atom. The number of aromatic carboxylic acids is 1. The van der Waals surface area contributed by atoms with Crippen LogP contribution < -0.4 is 5.73 Å². The van der Waals surface area contributed by atoms with Gasteiger partial charge >= 0.3 is 5.97 Å². The number of anilines is 1. The van der Waals surface area contributed by atoms with Gasteiger partial charge in [-0.25, -0.2) is 4.79 Å². The van der Waals surface area contributed by atoms with Gasteiger partial charge in [0.2, 0.25) is 0 Å². The molecule has 19 heavy (non-hydrogen) atoms. The van der Waals surface area contributed by atoms with Crippen molar-refractivity contribution in [2.45, 2.75) is 20.8 Å². The van der Waals surface area contributed by atoms with Gasteiger partial charge in [-0.05, 0) is 43.0 Å². The largest absolute Gasteiger partial charge is 0.476 e. The van der Waals surface area contributed by atoms with Gasteiger partial charge in [0.25, 0.3) is 0 Å². The minimum atomic E-state index is -1.07. The molecule has 0 unspecified atom stereocenters. The molecule has 0 saturated heterocycles. The van der Waals surface area contributed by atoms with Crippen LogP contribution in [0.15, 0.2) is 12.1 Å². The normalized spacial score (nSPS) is 10.7. The van der Waals surface area contributed by atoms with Crippen molar-refractivity contribution < 1.29 is 9.90 Å². The maximum atomic E-state index is 11.3. The van der Waals surface area contributed by atoms with E-state index < -0.39 is 5.97 Å². The fourth-order valence-corrected chi connectivity index (χ4v) is 2.18. The Morgan fingerprint density at radius 2 is 1.79 bits per heavy atom. The molecule has 0 radical (unpaired) electrons. The molecule has 2 aromatic rings. The van der Waals surface area contributed by atoms with E-state index in [0.29, 0.717) is 11.4 Å². The van der Waals surface area contributed by atoms with Crippen LogP contribution in [0.5, 0.6) is 0 Å². The minimum absolute atomic E-state index is 0.00801. The third-order valence-electron chi connectivity index (χ3n) is 3.40. The highest BCUT2D eigenvalue weighted by atomic mass is 16.4. The van der Waals surface area contributed by atoms with E-state index in [2.05, 4.69) is 5.10 Å². The number of nitrogen functional groups attached to an aromatic ring is 1. The number of aromatic nitrogens is 2. The fraction of sp³-hybridized carbons (Fsp3) is 0.286. The van der Waals surface area contributed by atoms with E-state index in [1.54, 1.807) is 7.05 Å². The SMILES string of the molecule is Cc1cc(C)c(-c2c(C(=O)O)nn(C)c2N)cc1C. The van der Waals surface area contributed by atoms with Gasteiger partial charge in [0.15, 0.2) is 5.69 Å². The Bertz CT molecular complexity index is 672. The van der Waals surface area contributed by atoms with E-state index in [-0.39, 0.29) is 5.69 Å². The number of carboxylic acids is 1.